The minimum absolute atomic E-state index is 0.0513. The maximum absolute atomic E-state index is 11.4. The fourth-order valence-corrected chi connectivity index (χ4v) is 2.95. The molecular formula is C13H11ClN2O4S2. The van der Waals surface area contributed by atoms with Crippen LogP contribution in [0.15, 0.2) is 33.1 Å². The Kier molecular flexibility index (Phi) is 5.38. The number of halogens is 1. The number of hydrogen-bond donors (Lipinski definition) is 2. The number of hydrogen-bond acceptors (Lipinski definition) is 7. The molecule has 0 atom stereocenters. The average molecular weight is 359 g/mol. The summed E-state index contributed by atoms with van der Waals surface area (Å²) in [5, 5.41) is 9.67. The summed E-state index contributed by atoms with van der Waals surface area (Å²) in [6, 6.07) is 4.72. The third-order valence-electron chi connectivity index (χ3n) is 2.58. The van der Waals surface area contributed by atoms with Crippen LogP contribution in [0.25, 0.3) is 0 Å². The lowest BCUT2D eigenvalue weighted by Gasteiger charge is -2.10. The van der Waals surface area contributed by atoms with Crippen molar-refractivity contribution < 1.29 is 19.4 Å². The predicted octanol–water partition coefficient (Wildman–Crippen LogP) is 3.29. The summed E-state index contributed by atoms with van der Waals surface area (Å²) in [6.45, 7) is 0. The molecule has 0 spiro atoms. The molecular weight excluding hydrogens is 348 g/mol. The zero-order valence-corrected chi connectivity index (χ0v) is 14.0. The zero-order chi connectivity index (χ0) is 16.3. The molecule has 0 saturated carbocycles. The van der Waals surface area contributed by atoms with E-state index in [2.05, 4.69) is 22.6 Å². The molecule has 6 nitrogen and oxygen atoms in total. The number of carboxylic acids is 1. The van der Waals surface area contributed by atoms with Gasteiger partial charge in [-0.05, 0) is 23.9 Å². The number of carboxylic acid groups (broad SMARTS) is 1. The Balaban J connectivity index is 2.47. The second-order valence-corrected chi connectivity index (χ2v) is 5.78. The van der Waals surface area contributed by atoms with Gasteiger partial charge in [0.05, 0.1) is 30.9 Å². The SMILES string of the molecule is COc1cc(OC)nc(Sc2ccc(S)c(Cl)c2C(=O)O)n1. The van der Waals surface area contributed by atoms with Crippen LogP contribution in [0.1, 0.15) is 10.4 Å². The predicted molar refractivity (Wildman–Crippen MR) is 84.9 cm³/mol. The number of rotatable bonds is 5. The summed E-state index contributed by atoms with van der Waals surface area (Å²) in [6.07, 6.45) is 0. The number of benzene rings is 1. The van der Waals surface area contributed by atoms with Crippen molar-refractivity contribution in [1.29, 1.82) is 0 Å². The molecule has 116 valence electrons. The smallest absolute Gasteiger partial charge is 0.338 e. The average Bonchev–Trinajstić information content (AvgIpc) is 2.50. The van der Waals surface area contributed by atoms with E-state index >= 15 is 0 Å². The van der Waals surface area contributed by atoms with E-state index in [0.29, 0.717) is 21.6 Å². The van der Waals surface area contributed by atoms with Crippen LogP contribution in [0.2, 0.25) is 5.02 Å². The molecule has 0 fully saturated rings. The lowest BCUT2D eigenvalue weighted by atomic mass is 10.2. The van der Waals surface area contributed by atoms with Crippen molar-refractivity contribution in [1.82, 2.24) is 9.97 Å². The Morgan fingerprint density at radius 1 is 1.27 bits per heavy atom. The second-order valence-electron chi connectivity index (χ2n) is 3.91. The molecule has 0 radical (unpaired) electrons. The first-order valence-corrected chi connectivity index (χ1v) is 7.50. The highest BCUT2D eigenvalue weighted by molar-refractivity contribution is 7.99. The standard InChI is InChI=1S/C13H11ClN2O4S2/c1-19-8-5-9(20-2)16-13(15-8)22-7-4-3-6(21)11(14)10(7)12(17)18/h3-5,21H,1-2H3,(H,17,18). The number of aromatic nitrogens is 2. The van der Waals surface area contributed by atoms with E-state index in [1.54, 1.807) is 12.1 Å². The van der Waals surface area contributed by atoms with Crippen LogP contribution >= 0.6 is 36.0 Å². The fourth-order valence-electron chi connectivity index (χ4n) is 1.57. The molecule has 0 saturated heterocycles. The number of methoxy groups -OCH3 is 2. The Morgan fingerprint density at radius 3 is 2.36 bits per heavy atom. The third kappa shape index (κ3) is 3.57. The van der Waals surface area contributed by atoms with Gasteiger partial charge in [-0.2, -0.15) is 9.97 Å². The van der Waals surface area contributed by atoms with Crippen molar-refractivity contribution in [3.8, 4) is 11.8 Å². The van der Waals surface area contributed by atoms with Crippen LogP contribution in [-0.2, 0) is 0 Å². The summed E-state index contributed by atoms with van der Waals surface area (Å²) >= 11 is 11.2. The van der Waals surface area contributed by atoms with E-state index < -0.39 is 5.97 Å². The van der Waals surface area contributed by atoms with Gasteiger partial charge in [-0.25, -0.2) is 4.79 Å². The maximum atomic E-state index is 11.4. The lowest BCUT2D eigenvalue weighted by Crippen LogP contribution is -2.02. The highest BCUT2D eigenvalue weighted by Gasteiger charge is 2.19. The molecule has 0 aliphatic heterocycles. The molecule has 2 rings (SSSR count). The first-order chi connectivity index (χ1) is 10.5. The van der Waals surface area contributed by atoms with Gasteiger partial charge in [-0.3, -0.25) is 0 Å². The number of thiol groups is 1. The molecule has 0 aliphatic rings. The van der Waals surface area contributed by atoms with Crippen molar-refractivity contribution in [2.45, 2.75) is 14.9 Å². The van der Waals surface area contributed by atoms with Gasteiger partial charge in [0, 0.05) is 9.79 Å². The topological polar surface area (TPSA) is 81.5 Å². The number of ether oxygens (including phenoxy) is 2. The fraction of sp³-hybridized carbons (Fsp3) is 0.154. The highest BCUT2D eigenvalue weighted by Crippen LogP contribution is 2.36. The molecule has 1 aromatic heterocycles. The zero-order valence-electron chi connectivity index (χ0n) is 11.5. The molecule has 2 aromatic rings. The molecule has 0 unspecified atom stereocenters. The van der Waals surface area contributed by atoms with Gasteiger partial charge in [0.15, 0.2) is 5.16 Å². The van der Waals surface area contributed by atoms with Crippen LogP contribution in [0, 0.1) is 0 Å². The van der Waals surface area contributed by atoms with Gasteiger partial charge in [-0.1, -0.05) is 11.6 Å². The molecule has 0 aliphatic carbocycles. The summed E-state index contributed by atoms with van der Waals surface area (Å²) in [5.74, 6) is -0.537. The third-order valence-corrected chi connectivity index (χ3v) is 4.40. The number of nitrogens with zero attached hydrogens (tertiary/aromatic N) is 2. The van der Waals surface area contributed by atoms with Gasteiger partial charge in [0.2, 0.25) is 11.8 Å². The number of aromatic carboxylic acids is 1. The Bertz CT molecular complexity index is 705. The minimum Gasteiger partial charge on any atom is -0.481 e. The van der Waals surface area contributed by atoms with E-state index in [1.807, 2.05) is 0 Å². The Labute approximate surface area is 141 Å². The maximum Gasteiger partial charge on any atom is 0.338 e. The molecule has 0 bridgehead atoms. The molecule has 0 amide bonds. The van der Waals surface area contributed by atoms with E-state index in [0.717, 1.165) is 11.8 Å². The van der Waals surface area contributed by atoms with Crippen LogP contribution < -0.4 is 9.47 Å². The summed E-state index contributed by atoms with van der Waals surface area (Å²) in [4.78, 5) is 20.5. The van der Waals surface area contributed by atoms with Gasteiger partial charge >= 0.3 is 5.97 Å². The van der Waals surface area contributed by atoms with Crippen molar-refractivity contribution in [3.05, 3.63) is 28.8 Å². The summed E-state index contributed by atoms with van der Waals surface area (Å²) in [7, 11) is 2.93. The molecule has 9 heteroatoms. The van der Waals surface area contributed by atoms with Crippen LogP contribution in [0.5, 0.6) is 11.8 Å². The quantitative estimate of drug-likeness (QED) is 0.627. The first-order valence-electron chi connectivity index (χ1n) is 5.86. The first kappa shape index (κ1) is 16.7. The van der Waals surface area contributed by atoms with Crippen molar-refractivity contribution in [2.75, 3.05) is 14.2 Å². The summed E-state index contributed by atoms with van der Waals surface area (Å²) in [5.41, 5.74) is -0.0513. The van der Waals surface area contributed by atoms with E-state index in [1.165, 1.54) is 20.3 Å². The van der Waals surface area contributed by atoms with Crippen molar-refractivity contribution >= 4 is 42.0 Å². The largest absolute Gasteiger partial charge is 0.481 e. The van der Waals surface area contributed by atoms with Crippen LogP contribution in [0.3, 0.4) is 0 Å². The Morgan fingerprint density at radius 2 is 1.86 bits per heavy atom. The molecule has 1 heterocycles. The minimum atomic E-state index is -1.15. The van der Waals surface area contributed by atoms with Gasteiger partial charge in [0.25, 0.3) is 0 Å². The number of carbonyl (C=O) groups is 1. The van der Waals surface area contributed by atoms with E-state index in [4.69, 9.17) is 21.1 Å². The van der Waals surface area contributed by atoms with Crippen LogP contribution in [0.4, 0.5) is 0 Å². The van der Waals surface area contributed by atoms with E-state index in [-0.39, 0.29) is 15.7 Å². The monoisotopic (exact) mass is 358 g/mol. The second kappa shape index (κ2) is 7.08. The normalized spacial score (nSPS) is 10.4. The van der Waals surface area contributed by atoms with Gasteiger partial charge in [-0.15, -0.1) is 12.6 Å². The highest BCUT2D eigenvalue weighted by atomic mass is 35.5. The summed E-state index contributed by atoms with van der Waals surface area (Å²) < 4.78 is 10.1. The Hall–Kier alpha value is -1.64. The van der Waals surface area contributed by atoms with Crippen molar-refractivity contribution in [3.63, 3.8) is 0 Å². The molecule has 1 aromatic carbocycles. The molecule has 22 heavy (non-hydrogen) atoms. The lowest BCUT2D eigenvalue weighted by molar-refractivity contribution is 0.0693. The van der Waals surface area contributed by atoms with Gasteiger partial charge < -0.3 is 14.6 Å². The van der Waals surface area contributed by atoms with Crippen LogP contribution in [-0.4, -0.2) is 35.3 Å². The van der Waals surface area contributed by atoms with Gasteiger partial charge in [0.1, 0.15) is 0 Å². The molecule has 1 N–H and O–H groups in total. The van der Waals surface area contributed by atoms with E-state index in [9.17, 15) is 9.90 Å². The van der Waals surface area contributed by atoms with Crippen molar-refractivity contribution in [2.24, 2.45) is 0 Å².